The van der Waals surface area contributed by atoms with Crippen LogP contribution >= 0.6 is 0 Å². The molecule has 2 nitrogen and oxygen atoms in total. The molecule has 2 atom stereocenters. The van der Waals surface area contributed by atoms with Gasteiger partial charge in [0.05, 0.1) is 0 Å². The van der Waals surface area contributed by atoms with Crippen LogP contribution in [0.3, 0.4) is 0 Å². The fourth-order valence-electron chi connectivity index (χ4n) is 2.25. The molecule has 1 aliphatic rings. The smallest absolute Gasteiger partial charge is 0.0193 e. The minimum absolute atomic E-state index is 0.698. The summed E-state index contributed by atoms with van der Waals surface area (Å²) in [7, 11) is 0. The molecule has 0 amide bonds. The van der Waals surface area contributed by atoms with Crippen LogP contribution in [0.2, 0.25) is 0 Å². The molecule has 1 aliphatic heterocycles. The molecule has 0 bridgehead atoms. The first-order chi connectivity index (χ1) is 7.33. The monoisotopic (exact) mass is 212 g/mol. The van der Waals surface area contributed by atoms with Gasteiger partial charge < -0.3 is 10.6 Å². The summed E-state index contributed by atoms with van der Waals surface area (Å²) < 4.78 is 0. The van der Waals surface area contributed by atoms with E-state index >= 15 is 0 Å². The van der Waals surface area contributed by atoms with Gasteiger partial charge in [0.2, 0.25) is 0 Å². The topological polar surface area (TPSA) is 24.1 Å². The number of rotatable bonds is 8. The van der Waals surface area contributed by atoms with Crippen molar-refractivity contribution >= 4 is 0 Å². The molecule has 0 aliphatic carbocycles. The van der Waals surface area contributed by atoms with Crippen LogP contribution in [0.5, 0.6) is 0 Å². The maximum absolute atomic E-state index is 3.64. The zero-order valence-electron chi connectivity index (χ0n) is 10.5. The minimum atomic E-state index is 0.698. The summed E-state index contributed by atoms with van der Waals surface area (Å²) in [6.07, 6.45) is 9.59. The Kier molecular flexibility index (Phi) is 7.03. The fraction of sp³-hybridized carbons (Fsp3) is 1.00. The standard InChI is InChI=1S/C13H28N2/c1-3-4-5-6-8-12(2)15-11-13-9-7-10-14-13/h12-15H,3-11H2,1-2H3. The van der Waals surface area contributed by atoms with Crippen LogP contribution in [-0.2, 0) is 0 Å². The van der Waals surface area contributed by atoms with E-state index in [-0.39, 0.29) is 0 Å². The molecule has 90 valence electrons. The van der Waals surface area contributed by atoms with Crippen molar-refractivity contribution < 1.29 is 0 Å². The van der Waals surface area contributed by atoms with Crippen molar-refractivity contribution in [2.75, 3.05) is 13.1 Å². The third kappa shape index (κ3) is 6.16. The quantitative estimate of drug-likeness (QED) is 0.605. The predicted octanol–water partition coefficient (Wildman–Crippen LogP) is 2.69. The van der Waals surface area contributed by atoms with E-state index in [0.717, 1.165) is 12.6 Å². The Hall–Kier alpha value is -0.0800. The molecule has 0 saturated carbocycles. The van der Waals surface area contributed by atoms with Crippen LogP contribution in [0.4, 0.5) is 0 Å². The predicted molar refractivity (Wildman–Crippen MR) is 67.2 cm³/mol. The Labute approximate surface area is 95.2 Å². The van der Waals surface area contributed by atoms with Crippen LogP contribution < -0.4 is 10.6 Å². The van der Waals surface area contributed by atoms with E-state index in [9.17, 15) is 0 Å². The average Bonchev–Trinajstić information content (AvgIpc) is 2.74. The van der Waals surface area contributed by atoms with Gasteiger partial charge in [-0.3, -0.25) is 0 Å². The van der Waals surface area contributed by atoms with Gasteiger partial charge in [-0.25, -0.2) is 0 Å². The van der Waals surface area contributed by atoms with Gasteiger partial charge in [-0.1, -0.05) is 32.6 Å². The molecule has 0 aromatic carbocycles. The SMILES string of the molecule is CCCCCCC(C)NCC1CCCN1. The number of hydrogen-bond donors (Lipinski definition) is 2. The van der Waals surface area contributed by atoms with Gasteiger partial charge in [0, 0.05) is 18.6 Å². The van der Waals surface area contributed by atoms with Gasteiger partial charge in [0.1, 0.15) is 0 Å². The van der Waals surface area contributed by atoms with Crippen LogP contribution in [0.1, 0.15) is 58.8 Å². The van der Waals surface area contributed by atoms with Gasteiger partial charge in [0.15, 0.2) is 0 Å². The highest BCUT2D eigenvalue weighted by Crippen LogP contribution is 2.07. The van der Waals surface area contributed by atoms with Gasteiger partial charge in [-0.2, -0.15) is 0 Å². The first-order valence-electron chi connectivity index (χ1n) is 6.79. The molecule has 2 unspecified atom stereocenters. The average molecular weight is 212 g/mol. The first kappa shape index (κ1) is 13.0. The van der Waals surface area contributed by atoms with Gasteiger partial charge in [-0.05, 0) is 32.7 Å². The molecule has 0 aromatic rings. The van der Waals surface area contributed by atoms with Crippen LogP contribution in [0, 0.1) is 0 Å². The maximum Gasteiger partial charge on any atom is 0.0193 e. The lowest BCUT2D eigenvalue weighted by molar-refractivity contribution is 0.445. The highest BCUT2D eigenvalue weighted by molar-refractivity contribution is 4.77. The van der Waals surface area contributed by atoms with Crippen molar-refractivity contribution in [1.29, 1.82) is 0 Å². The molecule has 0 radical (unpaired) electrons. The van der Waals surface area contributed by atoms with E-state index in [4.69, 9.17) is 0 Å². The second-order valence-electron chi connectivity index (χ2n) is 4.95. The molecule has 15 heavy (non-hydrogen) atoms. The van der Waals surface area contributed by atoms with E-state index in [0.29, 0.717) is 6.04 Å². The van der Waals surface area contributed by atoms with E-state index in [1.165, 1.54) is 51.5 Å². The Morgan fingerprint density at radius 2 is 2.20 bits per heavy atom. The Morgan fingerprint density at radius 1 is 1.33 bits per heavy atom. The Morgan fingerprint density at radius 3 is 2.87 bits per heavy atom. The summed E-state index contributed by atoms with van der Waals surface area (Å²) in [5, 5.41) is 7.16. The van der Waals surface area contributed by atoms with E-state index in [2.05, 4.69) is 24.5 Å². The van der Waals surface area contributed by atoms with E-state index < -0.39 is 0 Å². The van der Waals surface area contributed by atoms with Crippen LogP contribution in [-0.4, -0.2) is 25.2 Å². The van der Waals surface area contributed by atoms with Crippen LogP contribution in [0.25, 0.3) is 0 Å². The van der Waals surface area contributed by atoms with Crippen molar-refractivity contribution in [2.24, 2.45) is 0 Å². The molecule has 0 aromatic heterocycles. The van der Waals surface area contributed by atoms with Gasteiger partial charge >= 0.3 is 0 Å². The molecule has 1 rings (SSSR count). The summed E-state index contributed by atoms with van der Waals surface area (Å²) in [4.78, 5) is 0. The molecular weight excluding hydrogens is 184 g/mol. The lowest BCUT2D eigenvalue weighted by Gasteiger charge is -2.17. The third-order valence-corrected chi connectivity index (χ3v) is 3.37. The van der Waals surface area contributed by atoms with Gasteiger partial charge in [-0.15, -0.1) is 0 Å². The molecule has 1 heterocycles. The zero-order valence-corrected chi connectivity index (χ0v) is 10.5. The second-order valence-corrected chi connectivity index (χ2v) is 4.95. The summed E-state index contributed by atoms with van der Waals surface area (Å²) in [5.74, 6) is 0. The molecule has 2 heteroatoms. The molecule has 0 spiro atoms. The Balaban J connectivity index is 1.90. The zero-order chi connectivity index (χ0) is 10.9. The largest absolute Gasteiger partial charge is 0.313 e. The van der Waals surface area contributed by atoms with E-state index in [1.807, 2.05) is 0 Å². The van der Waals surface area contributed by atoms with Crippen molar-refractivity contribution in [1.82, 2.24) is 10.6 Å². The summed E-state index contributed by atoms with van der Waals surface area (Å²) >= 11 is 0. The van der Waals surface area contributed by atoms with Gasteiger partial charge in [0.25, 0.3) is 0 Å². The summed E-state index contributed by atoms with van der Waals surface area (Å²) in [6.45, 7) is 6.97. The molecule has 1 saturated heterocycles. The molecular formula is C13H28N2. The number of nitrogens with one attached hydrogen (secondary N) is 2. The number of hydrogen-bond acceptors (Lipinski definition) is 2. The molecule has 2 N–H and O–H groups in total. The second kappa shape index (κ2) is 8.12. The van der Waals surface area contributed by atoms with E-state index in [1.54, 1.807) is 0 Å². The normalized spacial score (nSPS) is 23.2. The first-order valence-corrected chi connectivity index (χ1v) is 6.79. The minimum Gasteiger partial charge on any atom is -0.313 e. The van der Waals surface area contributed by atoms with Crippen LogP contribution in [0.15, 0.2) is 0 Å². The van der Waals surface area contributed by atoms with Crippen molar-refractivity contribution in [3.05, 3.63) is 0 Å². The fourth-order valence-corrected chi connectivity index (χ4v) is 2.25. The lowest BCUT2D eigenvalue weighted by atomic mass is 10.1. The highest BCUT2D eigenvalue weighted by Gasteiger charge is 2.13. The van der Waals surface area contributed by atoms with Crippen molar-refractivity contribution in [3.63, 3.8) is 0 Å². The third-order valence-electron chi connectivity index (χ3n) is 3.37. The highest BCUT2D eigenvalue weighted by atomic mass is 15.0. The summed E-state index contributed by atoms with van der Waals surface area (Å²) in [5.41, 5.74) is 0. The number of unbranched alkanes of at least 4 members (excludes halogenated alkanes) is 3. The molecule has 1 fully saturated rings. The maximum atomic E-state index is 3.64. The lowest BCUT2D eigenvalue weighted by Crippen LogP contribution is -2.38. The summed E-state index contributed by atoms with van der Waals surface area (Å²) in [6, 6.07) is 1.44. The van der Waals surface area contributed by atoms with Crippen molar-refractivity contribution in [2.45, 2.75) is 70.9 Å². The van der Waals surface area contributed by atoms with Crippen molar-refractivity contribution in [3.8, 4) is 0 Å². The Bertz CT molecular complexity index is 141.